The molecule has 1 unspecified atom stereocenters. The Morgan fingerprint density at radius 3 is 2.53 bits per heavy atom. The summed E-state index contributed by atoms with van der Waals surface area (Å²) < 4.78 is 19.4. The maximum Gasteiger partial charge on any atom is 0.410 e. The predicted octanol–water partition coefficient (Wildman–Crippen LogP) is 6.45. The summed E-state index contributed by atoms with van der Waals surface area (Å²) in [7, 11) is 1.79. The van der Waals surface area contributed by atoms with E-state index in [0.717, 1.165) is 60.7 Å². The molecule has 0 saturated heterocycles. The highest BCUT2D eigenvalue weighted by molar-refractivity contribution is 5.86. The minimum atomic E-state index is -0.505. The van der Waals surface area contributed by atoms with Crippen LogP contribution in [0.3, 0.4) is 0 Å². The van der Waals surface area contributed by atoms with E-state index in [1.165, 1.54) is 6.07 Å². The first-order chi connectivity index (χ1) is 16.9. The topological polar surface area (TPSA) is 65.6 Å². The van der Waals surface area contributed by atoms with Crippen LogP contribution in [0.2, 0.25) is 0 Å². The molecule has 1 aliphatic carbocycles. The van der Waals surface area contributed by atoms with Crippen molar-refractivity contribution in [2.45, 2.75) is 84.8 Å². The largest absolute Gasteiger partial charge is 0.444 e. The van der Waals surface area contributed by atoms with E-state index in [1.807, 2.05) is 20.8 Å². The van der Waals surface area contributed by atoms with Gasteiger partial charge in [0.25, 0.3) is 0 Å². The number of hydrogen-bond acceptors (Lipinski definition) is 3. The van der Waals surface area contributed by atoms with Crippen LogP contribution in [0.15, 0.2) is 18.2 Å². The molecule has 36 heavy (non-hydrogen) atoms. The quantitative estimate of drug-likeness (QED) is 0.514. The van der Waals surface area contributed by atoms with E-state index in [9.17, 15) is 14.0 Å². The van der Waals surface area contributed by atoms with Crippen molar-refractivity contribution in [3.8, 4) is 0 Å². The van der Waals surface area contributed by atoms with E-state index >= 15 is 0 Å². The van der Waals surface area contributed by atoms with Gasteiger partial charge in [-0.3, -0.25) is 4.79 Å². The number of benzene rings is 1. The van der Waals surface area contributed by atoms with Gasteiger partial charge in [0.15, 0.2) is 0 Å². The van der Waals surface area contributed by atoms with Gasteiger partial charge in [-0.25, -0.2) is 9.18 Å². The SMILES string of the molecule is CC(C)CC1c2[nH]c3ccc(F)cc3c2CCN1C(=O)[C@H]1CC[C@H](CN(C)C(=O)OC(C)(C)C)CC1. The van der Waals surface area contributed by atoms with Crippen molar-refractivity contribution in [3.63, 3.8) is 0 Å². The van der Waals surface area contributed by atoms with E-state index < -0.39 is 5.60 Å². The molecular formula is C29H42FN3O3. The number of fused-ring (bicyclic) bond motifs is 3. The van der Waals surface area contributed by atoms with Crippen molar-refractivity contribution >= 4 is 22.9 Å². The van der Waals surface area contributed by atoms with Crippen LogP contribution in [0.5, 0.6) is 0 Å². The molecule has 198 valence electrons. The number of ether oxygens (including phenoxy) is 1. The number of carbonyl (C=O) groups is 2. The number of aromatic nitrogens is 1. The number of rotatable bonds is 5. The molecule has 2 aliphatic rings. The summed E-state index contributed by atoms with van der Waals surface area (Å²) in [6.45, 7) is 11.3. The molecule has 1 saturated carbocycles. The smallest absolute Gasteiger partial charge is 0.410 e. The van der Waals surface area contributed by atoms with Gasteiger partial charge in [0, 0.05) is 42.7 Å². The van der Waals surface area contributed by atoms with Gasteiger partial charge in [0.1, 0.15) is 11.4 Å². The standard InChI is InChI=1S/C29H42FN3O3/c1-18(2)15-25-26-22(23-16-21(30)11-12-24(23)31-26)13-14-33(25)27(34)20-9-7-19(8-10-20)17-32(6)28(35)36-29(3,4)5/h11-12,16,18-20,25,31H,7-10,13-15,17H2,1-6H3/t19-,20-,25?. The van der Waals surface area contributed by atoms with Crippen LogP contribution in [0.4, 0.5) is 9.18 Å². The number of halogens is 1. The lowest BCUT2D eigenvalue weighted by Crippen LogP contribution is -2.45. The lowest BCUT2D eigenvalue weighted by Gasteiger charge is -2.40. The van der Waals surface area contributed by atoms with Crippen molar-refractivity contribution < 1.29 is 18.7 Å². The molecule has 1 atom stereocenters. The molecule has 0 bridgehead atoms. The highest BCUT2D eigenvalue weighted by Gasteiger charge is 2.38. The van der Waals surface area contributed by atoms with E-state index in [-0.39, 0.29) is 29.8 Å². The summed E-state index contributed by atoms with van der Waals surface area (Å²) in [5.41, 5.74) is 2.68. The summed E-state index contributed by atoms with van der Waals surface area (Å²) in [5.74, 6) is 0.853. The Bertz CT molecular complexity index is 1100. The van der Waals surface area contributed by atoms with Crippen LogP contribution in [-0.4, -0.2) is 52.5 Å². The molecule has 1 aromatic heterocycles. The molecule has 6 nitrogen and oxygen atoms in total. The number of nitrogens with zero attached hydrogens (tertiary/aromatic N) is 2. The minimum Gasteiger partial charge on any atom is -0.444 e. The maximum absolute atomic E-state index is 14.0. The second kappa shape index (κ2) is 10.4. The van der Waals surface area contributed by atoms with Crippen molar-refractivity contribution in [1.82, 2.24) is 14.8 Å². The first-order valence-corrected chi connectivity index (χ1v) is 13.5. The Labute approximate surface area is 214 Å². The zero-order chi connectivity index (χ0) is 26.2. The third-order valence-corrected chi connectivity index (χ3v) is 7.62. The van der Waals surface area contributed by atoms with Crippen molar-refractivity contribution in [1.29, 1.82) is 0 Å². The van der Waals surface area contributed by atoms with Gasteiger partial charge < -0.3 is 19.5 Å². The molecular weight excluding hydrogens is 457 g/mol. The molecule has 1 aromatic carbocycles. The Morgan fingerprint density at radius 1 is 1.19 bits per heavy atom. The molecule has 0 spiro atoms. The first-order valence-electron chi connectivity index (χ1n) is 13.5. The minimum absolute atomic E-state index is 0.00673. The van der Waals surface area contributed by atoms with E-state index in [0.29, 0.717) is 24.9 Å². The van der Waals surface area contributed by atoms with Crippen LogP contribution in [0.1, 0.15) is 84.0 Å². The van der Waals surface area contributed by atoms with Gasteiger partial charge in [-0.05, 0) is 94.9 Å². The molecule has 1 N–H and O–H groups in total. The third kappa shape index (κ3) is 5.87. The van der Waals surface area contributed by atoms with Crippen LogP contribution >= 0.6 is 0 Å². The highest BCUT2D eigenvalue weighted by atomic mass is 19.1. The summed E-state index contributed by atoms with van der Waals surface area (Å²) in [4.78, 5) is 33.4. The Kier molecular flexibility index (Phi) is 7.67. The van der Waals surface area contributed by atoms with Crippen LogP contribution < -0.4 is 0 Å². The molecule has 0 radical (unpaired) electrons. The maximum atomic E-state index is 14.0. The van der Waals surface area contributed by atoms with Crippen molar-refractivity contribution in [3.05, 3.63) is 35.3 Å². The second-order valence-electron chi connectivity index (χ2n) is 12.2. The fourth-order valence-corrected chi connectivity index (χ4v) is 5.92. The molecule has 1 aliphatic heterocycles. The van der Waals surface area contributed by atoms with Gasteiger partial charge in [-0.1, -0.05) is 13.8 Å². The normalized spacial score (nSPS) is 22.6. The monoisotopic (exact) mass is 499 g/mol. The summed E-state index contributed by atoms with van der Waals surface area (Å²) >= 11 is 0. The Morgan fingerprint density at radius 2 is 1.89 bits per heavy atom. The lowest BCUT2D eigenvalue weighted by molar-refractivity contribution is -0.140. The molecule has 2 heterocycles. The number of H-pyrrole nitrogens is 1. The number of hydrogen-bond donors (Lipinski definition) is 1. The molecule has 2 amide bonds. The van der Waals surface area contributed by atoms with Gasteiger partial charge >= 0.3 is 6.09 Å². The number of amides is 2. The predicted molar refractivity (Wildman–Crippen MR) is 140 cm³/mol. The Hall–Kier alpha value is -2.57. The fourth-order valence-electron chi connectivity index (χ4n) is 5.92. The van der Waals surface area contributed by atoms with E-state index in [1.54, 1.807) is 24.1 Å². The van der Waals surface area contributed by atoms with E-state index in [4.69, 9.17) is 4.74 Å². The van der Waals surface area contributed by atoms with Crippen molar-refractivity contribution in [2.24, 2.45) is 17.8 Å². The van der Waals surface area contributed by atoms with Gasteiger partial charge in [-0.2, -0.15) is 0 Å². The molecule has 2 aromatic rings. The van der Waals surface area contributed by atoms with Gasteiger partial charge in [0.05, 0.1) is 6.04 Å². The van der Waals surface area contributed by atoms with Crippen molar-refractivity contribution in [2.75, 3.05) is 20.1 Å². The average Bonchev–Trinajstić information content (AvgIpc) is 3.16. The molecule has 4 rings (SSSR count). The molecule has 1 fully saturated rings. The van der Waals surface area contributed by atoms with Crippen LogP contribution in [0, 0.1) is 23.6 Å². The first kappa shape index (κ1) is 26.5. The van der Waals surface area contributed by atoms with Crippen LogP contribution in [0.25, 0.3) is 10.9 Å². The zero-order valence-corrected chi connectivity index (χ0v) is 22.7. The summed E-state index contributed by atoms with van der Waals surface area (Å²) in [6.07, 6.45) is 4.90. The van der Waals surface area contributed by atoms with E-state index in [2.05, 4.69) is 23.7 Å². The number of aromatic amines is 1. The zero-order valence-electron chi connectivity index (χ0n) is 22.7. The third-order valence-electron chi connectivity index (χ3n) is 7.62. The highest BCUT2D eigenvalue weighted by Crippen LogP contribution is 2.40. The summed E-state index contributed by atoms with van der Waals surface area (Å²) in [6, 6.07) is 4.90. The Balaban J connectivity index is 1.42. The molecule has 7 heteroatoms. The van der Waals surface area contributed by atoms with Gasteiger partial charge in [-0.15, -0.1) is 0 Å². The van der Waals surface area contributed by atoms with Gasteiger partial charge in [0.2, 0.25) is 5.91 Å². The number of nitrogens with one attached hydrogen (secondary N) is 1. The fraction of sp³-hybridized carbons (Fsp3) is 0.655. The lowest BCUT2D eigenvalue weighted by atomic mass is 9.80. The van der Waals surface area contributed by atoms with Crippen LogP contribution in [-0.2, 0) is 16.0 Å². The number of carbonyl (C=O) groups excluding carboxylic acids is 2. The summed E-state index contributed by atoms with van der Waals surface area (Å²) in [5, 5.41) is 0.945. The second-order valence-corrected chi connectivity index (χ2v) is 12.2. The average molecular weight is 500 g/mol.